The fourth-order valence-corrected chi connectivity index (χ4v) is 2.68. The monoisotopic (exact) mass is 420 g/mol. The molecule has 2 rings (SSSR count). The van der Waals surface area contributed by atoms with Crippen LogP contribution in [0, 0.1) is 0 Å². The number of carbonyl (C=O) groups is 2. The molecule has 2 aromatic rings. The zero-order valence-electron chi connectivity index (χ0n) is 14.4. The summed E-state index contributed by atoms with van der Waals surface area (Å²) in [5, 5.41) is 0. The lowest BCUT2D eigenvalue weighted by Gasteiger charge is -2.15. The van der Waals surface area contributed by atoms with E-state index in [1.165, 1.54) is 13.2 Å². The van der Waals surface area contributed by atoms with Crippen molar-refractivity contribution >= 4 is 27.9 Å². The number of esters is 2. The molecule has 0 aliphatic rings. The fourth-order valence-electron chi connectivity index (χ4n) is 2.41. The first-order valence-corrected chi connectivity index (χ1v) is 8.73. The van der Waals surface area contributed by atoms with Gasteiger partial charge >= 0.3 is 11.9 Å². The van der Waals surface area contributed by atoms with Gasteiger partial charge in [-0.15, -0.1) is 0 Å². The molecule has 4 nitrogen and oxygen atoms in total. The van der Waals surface area contributed by atoms with Gasteiger partial charge in [0.25, 0.3) is 0 Å². The first kappa shape index (κ1) is 19.8. The van der Waals surface area contributed by atoms with Crippen LogP contribution in [0.2, 0.25) is 0 Å². The van der Waals surface area contributed by atoms with Crippen molar-refractivity contribution in [2.24, 2.45) is 0 Å². The lowest BCUT2D eigenvalue weighted by molar-refractivity contribution is -0.140. The molecule has 0 saturated heterocycles. The van der Waals surface area contributed by atoms with Gasteiger partial charge < -0.3 is 9.47 Å². The molecule has 26 heavy (non-hydrogen) atoms. The molecular weight excluding hydrogens is 403 g/mol. The number of rotatable bonds is 6. The molecule has 6 heteroatoms. The summed E-state index contributed by atoms with van der Waals surface area (Å²) >= 11 is 3.36. The maximum Gasteiger partial charge on any atom is 0.366 e. The molecule has 0 N–H and O–H groups in total. The summed E-state index contributed by atoms with van der Waals surface area (Å²) in [5.41, 5.74) is 1.90. The van der Waals surface area contributed by atoms with Gasteiger partial charge in [0.15, 0.2) is 0 Å². The third-order valence-electron chi connectivity index (χ3n) is 3.70. The molecule has 0 aromatic heterocycles. The largest absolute Gasteiger partial charge is 0.465 e. The molecule has 136 valence electrons. The smallest absolute Gasteiger partial charge is 0.366 e. The van der Waals surface area contributed by atoms with Crippen molar-refractivity contribution < 1.29 is 23.5 Å². The van der Waals surface area contributed by atoms with Crippen LogP contribution in [0.15, 0.2) is 64.9 Å². The highest BCUT2D eigenvalue weighted by Gasteiger charge is 2.18. The Morgan fingerprint density at radius 1 is 1.08 bits per heavy atom. The Labute approximate surface area is 159 Å². The number of allylic oxidation sites excluding steroid dienone is 1. The number of methoxy groups -OCH3 is 1. The highest BCUT2D eigenvalue weighted by atomic mass is 79.9. The van der Waals surface area contributed by atoms with Crippen LogP contribution >= 0.6 is 15.9 Å². The van der Waals surface area contributed by atoms with Crippen molar-refractivity contribution in [2.45, 2.75) is 12.8 Å². The summed E-state index contributed by atoms with van der Waals surface area (Å²) in [6.45, 7) is 1.71. The molecule has 1 atom stereocenters. The SMILES string of the molecule is CCOC(=O)/C(F)=C/[C@H](c1ccc(Br)cc1)c1ccc(C(=O)OC)cc1. The molecule has 0 amide bonds. The summed E-state index contributed by atoms with van der Waals surface area (Å²) in [6.07, 6.45) is 1.22. The Morgan fingerprint density at radius 2 is 1.62 bits per heavy atom. The number of hydrogen-bond acceptors (Lipinski definition) is 4. The molecule has 0 aliphatic heterocycles. The summed E-state index contributed by atoms with van der Waals surface area (Å²) in [4.78, 5) is 23.2. The van der Waals surface area contributed by atoms with Crippen LogP contribution in [-0.2, 0) is 14.3 Å². The van der Waals surface area contributed by atoms with Gasteiger partial charge in [0, 0.05) is 10.4 Å². The van der Waals surface area contributed by atoms with Crippen LogP contribution in [0.1, 0.15) is 34.3 Å². The van der Waals surface area contributed by atoms with Gasteiger partial charge in [-0.05, 0) is 48.4 Å². The minimum atomic E-state index is -0.999. The highest BCUT2D eigenvalue weighted by molar-refractivity contribution is 9.10. The maximum atomic E-state index is 14.2. The number of ether oxygens (including phenoxy) is 2. The van der Waals surface area contributed by atoms with E-state index in [2.05, 4.69) is 20.7 Å². The molecule has 0 spiro atoms. The van der Waals surface area contributed by atoms with Gasteiger partial charge in [-0.3, -0.25) is 0 Å². The van der Waals surface area contributed by atoms with E-state index in [1.54, 1.807) is 31.2 Å². The maximum absolute atomic E-state index is 14.2. The number of hydrogen-bond donors (Lipinski definition) is 0. The van der Waals surface area contributed by atoms with Crippen LogP contribution < -0.4 is 0 Å². The molecule has 0 unspecified atom stereocenters. The Bertz CT molecular complexity index is 798. The van der Waals surface area contributed by atoms with E-state index in [4.69, 9.17) is 4.74 Å². The third-order valence-corrected chi connectivity index (χ3v) is 4.23. The minimum Gasteiger partial charge on any atom is -0.465 e. The van der Waals surface area contributed by atoms with E-state index in [0.29, 0.717) is 5.56 Å². The third kappa shape index (κ3) is 5.02. The van der Waals surface area contributed by atoms with Gasteiger partial charge in [0.05, 0.1) is 19.3 Å². The van der Waals surface area contributed by atoms with Crippen LogP contribution in [0.4, 0.5) is 4.39 Å². The second kappa shape index (κ2) is 9.29. The highest BCUT2D eigenvalue weighted by Crippen LogP contribution is 2.29. The molecule has 0 fully saturated rings. The lowest BCUT2D eigenvalue weighted by Crippen LogP contribution is -2.07. The van der Waals surface area contributed by atoms with Crippen LogP contribution in [-0.4, -0.2) is 25.7 Å². The van der Waals surface area contributed by atoms with Gasteiger partial charge in [0.1, 0.15) is 0 Å². The van der Waals surface area contributed by atoms with E-state index in [9.17, 15) is 14.0 Å². The normalized spacial score (nSPS) is 12.4. The van der Waals surface area contributed by atoms with E-state index in [1.807, 2.05) is 24.3 Å². The van der Waals surface area contributed by atoms with Gasteiger partial charge in [0.2, 0.25) is 5.83 Å². The summed E-state index contributed by atoms with van der Waals surface area (Å²) in [7, 11) is 1.30. The summed E-state index contributed by atoms with van der Waals surface area (Å²) in [6, 6.07) is 13.9. The van der Waals surface area contributed by atoms with E-state index < -0.39 is 23.7 Å². The standard InChI is InChI=1S/C20H18BrFO4/c1-3-26-20(24)18(22)12-17(14-8-10-16(21)11-9-14)13-4-6-15(7-5-13)19(23)25-2/h4-12,17H,3H2,1-2H3/b18-12-/t17-/m0/s1. The Kier molecular flexibility index (Phi) is 7.09. The van der Waals surface area contributed by atoms with Crippen molar-refractivity contribution in [1.82, 2.24) is 0 Å². The minimum absolute atomic E-state index is 0.0941. The Balaban J connectivity index is 2.43. The fraction of sp³-hybridized carbons (Fsp3) is 0.200. The summed E-state index contributed by atoms with van der Waals surface area (Å²) < 4.78 is 24.5. The molecular formula is C20H18BrFO4. The Morgan fingerprint density at radius 3 is 2.12 bits per heavy atom. The van der Waals surface area contributed by atoms with Gasteiger partial charge in [-0.2, -0.15) is 4.39 Å². The second-order valence-electron chi connectivity index (χ2n) is 5.38. The zero-order valence-corrected chi connectivity index (χ0v) is 16.0. The average Bonchev–Trinajstić information content (AvgIpc) is 2.66. The number of halogens is 2. The van der Waals surface area contributed by atoms with Crippen molar-refractivity contribution in [2.75, 3.05) is 13.7 Å². The average molecular weight is 421 g/mol. The van der Waals surface area contributed by atoms with E-state index in [0.717, 1.165) is 15.6 Å². The quantitative estimate of drug-likeness (QED) is 0.498. The first-order chi connectivity index (χ1) is 12.5. The molecule has 0 saturated carbocycles. The van der Waals surface area contributed by atoms with E-state index >= 15 is 0 Å². The van der Waals surface area contributed by atoms with Crippen LogP contribution in [0.25, 0.3) is 0 Å². The topological polar surface area (TPSA) is 52.6 Å². The summed E-state index contributed by atoms with van der Waals surface area (Å²) in [5.74, 6) is -2.93. The molecule has 0 bridgehead atoms. The number of benzene rings is 2. The Hall–Kier alpha value is -2.47. The first-order valence-electron chi connectivity index (χ1n) is 7.94. The molecule has 2 aromatic carbocycles. The molecule has 0 aliphatic carbocycles. The van der Waals surface area contributed by atoms with Crippen molar-refractivity contribution in [3.8, 4) is 0 Å². The van der Waals surface area contributed by atoms with Crippen molar-refractivity contribution in [3.63, 3.8) is 0 Å². The van der Waals surface area contributed by atoms with Gasteiger partial charge in [-0.1, -0.05) is 40.2 Å². The molecule has 0 heterocycles. The lowest BCUT2D eigenvalue weighted by atomic mass is 9.90. The van der Waals surface area contributed by atoms with Crippen LogP contribution in [0.5, 0.6) is 0 Å². The molecule has 0 radical (unpaired) electrons. The zero-order chi connectivity index (χ0) is 19.1. The second-order valence-corrected chi connectivity index (χ2v) is 6.29. The van der Waals surface area contributed by atoms with Crippen molar-refractivity contribution in [3.05, 3.63) is 81.6 Å². The van der Waals surface area contributed by atoms with E-state index in [-0.39, 0.29) is 6.61 Å². The van der Waals surface area contributed by atoms with Gasteiger partial charge in [-0.25, -0.2) is 9.59 Å². The van der Waals surface area contributed by atoms with Crippen LogP contribution in [0.3, 0.4) is 0 Å². The predicted molar refractivity (Wildman–Crippen MR) is 99.6 cm³/mol. The van der Waals surface area contributed by atoms with Crippen molar-refractivity contribution in [1.29, 1.82) is 0 Å². The predicted octanol–water partition coefficient (Wildman–Crippen LogP) is 4.78. The number of carbonyl (C=O) groups excluding carboxylic acids is 2.